The van der Waals surface area contributed by atoms with Crippen LogP contribution in [0.5, 0.6) is 0 Å². The number of hydrogen-bond donors (Lipinski definition) is 4. The Morgan fingerprint density at radius 1 is 0.636 bits per heavy atom. The van der Waals surface area contributed by atoms with Crippen LogP contribution in [-0.4, -0.2) is 35.7 Å². The summed E-state index contributed by atoms with van der Waals surface area (Å²) >= 11 is 0. The van der Waals surface area contributed by atoms with Gasteiger partial charge < -0.3 is 30.7 Å². The second-order valence-corrected chi connectivity index (χ2v) is 16.1. The molecule has 2 fully saturated rings. The number of benzene rings is 4. The largest absolute Gasteiger partial charge is 0.445 e. The molecule has 0 aromatic heterocycles. The number of carbonyl (C=O) groups is 3. The van der Waals surface area contributed by atoms with E-state index in [-0.39, 0.29) is 54.3 Å². The lowest BCUT2D eigenvalue weighted by Gasteiger charge is -2.21. The van der Waals surface area contributed by atoms with Gasteiger partial charge in [-0.25, -0.2) is 9.59 Å². The lowest BCUT2D eigenvalue weighted by atomic mass is 9.90. The topological polar surface area (TPSA) is 118 Å². The van der Waals surface area contributed by atoms with Crippen molar-refractivity contribution in [3.8, 4) is 0 Å². The van der Waals surface area contributed by atoms with Crippen LogP contribution in [0.25, 0.3) is 0 Å². The first-order valence-corrected chi connectivity index (χ1v) is 19.6. The molecule has 0 radical (unpaired) electrons. The van der Waals surface area contributed by atoms with Gasteiger partial charge in [-0.15, -0.1) is 0 Å². The lowest BCUT2D eigenvalue weighted by Crippen LogP contribution is -2.34. The van der Waals surface area contributed by atoms with Crippen LogP contribution in [0, 0.1) is 11.8 Å². The smallest absolute Gasteiger partial charge is 0.407 e. The van der Waals surface area contributed by atoms with Crippen molar-refractivity contribution >= 4 is 18.1 Å². The molecule has 2 saturated heterocycles. The van der Waals surface area contributed by atoms with E-state index in [9.17, 15) is 14.4 Å². The number of hydrogen-bond acceptors (Lipinski definition) is 6. The Morgan fingerprint density at radius 2 is 1.07 bits per heavy atom. The van der Waals surface area contributed by atoms with Crippen molar-refractivity contribution in [1.29, 1.82) is 0 Å². The van der Waals surface area contributed by atoms with Gasteiger partial charge in [0.2, 0.25) is 5.91 Å². The molecule has 9 heteroatoms. The molecule has 0 spiro atoms. The minimum absolute atomic E-state index is 0.0247. The molecular formula is C46H58N4O5. The number of amides is 3. The molecule has 2 aliphatic heterocycles. The molecule has 4 unspecified atom stereocenters. The zero-order valence-corrected chi connectivity index (χ0v) is 32.8. The van der Waals surface area contributed by atoms with Crippen LogP contribution in [0.4, 0.5) is 9.59 Å². The first-order chi connectivity index (χ1) is 26.4. The Kier molecular flexibility index (Phi) is 14.9. The Labute approximate surface area is 327 Å². The van der Waals surface area contributed by atoms with Gasteiger partial charge in [0.15, 0.2) is 0 Å². The summed E-state index contributed by atoms with van der Waals surface area (Å²) in [7, 11) is 0. The number of ether oxygens (including phenoxy) is 2. The average Bonchev–Trinajstić information content (AvgIpc) is 3.69. The standard InChI is InChI=1S/C23H28N2O3.C23H30N2O2/c1-23(2)15-19(21(26)25-23)13-14-20(18-11-7-4-8-12-18)24-22(27)28-16-17-9-5-3-6-10-17;1-23(2)15-19(16-24-23)13-14-21(20-11-7-4-8-12-20)25-22(26)27-17-18-9-5-3-6-10-18/h3-12,19-20H,13-16H2,1-2H3,(H,24,27)(H,25,26);3-12,19,21,24H,13-17H2,1-2H3,(H,25,26). The Morgan fingerprint density at radius 3 is 1.47 bits per heavy atom. The fourth-order valence-electron chi connectivity index (χ4n) is 7.52. The maximum Gasteiger partial charge on any atom is 0.407 e. The van der Waals surface area contributed by atoms with Gasteiger partial charge in [0, 0.05) is 17.0 Å². The molecule has 292 valence electrons. The van der Waals surface area contributed by atoms with E-state index in [1.807, 2.05) is 123 Å². The zero-order chi connectivity index (χ0) is 39.1. The van der Waals surface area contributed by atoms with Crippen LogP contribution >= 0.6 is 0 Å². The van der Waals surface area contributed by atoms with Crippen molar-refractivity contribution in [2.24, 2.45) is 11.8 Å². The van der Waals surface area contributed by atoms with E-state index < -0.39 is 6.09 Å². The van der Waals surface area contributed by atoms with Gasteiger partial charge in [0.25, 0.3) is 0 Å². The summed E-state index contributed by atoms with van der Waals surface area (Å²) in [5.74, 6) is 0.722. The summed E-state index contributed by atoms with van der Waals surface area (Å²) in [5, 5.41) is 12.6. The molecule has 4 atom stereocenters. The molecule has 2 heterocycles. The van der Waals surface area contributed by atoms with Crippen molar-refractivity contribution in [3.63, 3.8) is 0 Å². The molecule has 0 saturated carbocycles. The van der Waals surface area contributed by atoms with Gasteiger partial charge in [-0.1, -0.05) is 121 Å². The Bertz CT molecular complexity index is 1770. The van der Waals surface area contributed by atoms with E-state index in [4.69, 9.17) is 9.47 Å². The third-order valence-electron chi connectivity index (χ3n) is 10.3. The molecule has 4 N–H and O–H groups in total. The second kappa shape index (κ2) is 20.0. The molecule has 2 aliphatic rings. The summed E-state index contributed by atoms with van der Waals surface area (Å²) in [6, 6.07) is 39.1. The van der Waals surface area contributed by atoms with Crippen LogP contribution in [0.3, 0.4) is 0 Å². The number of rotatable bonds is 14. The van der Waals surface area contributed by atoms with Gasteiger partial charge in [0.1, 0.15) is 13.2 Å². The van der Waals surface area contributed by atoms with Crippen LogP contribution in [0.2, 0.25) is 0 Å². The SMILES string of the molecule is CC1(C)CC(CCC(NC(=O)OCc2ccccc2)c2ccccc2)C(=O)N1.CC1(C)CC(CCC(NC(=O)OCc2ccccc2)c2ccccc2)CN1. The molecular weight excluding hydrogens is 689 g/mol. The van der Waals surface area contributed by atoms with Crippen molar-refractivity contribution in [1.82, 2.24) is 21.3 Å². The molecule has 4 aromatic carbocycles. The summed E-state index contributed by atoms with van der Waals surface area (Å²) in [6.07, 6.45) is 4.55. The van der Waals surface area contributed by atoms with Gasteiger partial charge in [-0.2, -0.15) is 0 Å². The highest BCUT2D eigenvalue weighted by atomic mass is 16.6. The highest BCUT2D eigenvalue weighted by Crippen LogP contribution is 2.31. The summed E-state index contributed by atoms with van der Waals surface area (Å²) in [6.45, 7) is 10.1. The Balaban J connectivity index is 0.000000211. The average molecular weight is 747 g/mol. The van der Waals surface area contributed by atoms with E-state index in [1.165, 1.54) is 6.42 Å². The number of carbonyl (C=O) groups excluding carboxylic acids is 3. The predicted octanol–water partition coefficient (Wildman–Crippen LogP) is 9.17. The van der Waals surface area contributed by atoms with E-state index in [2.05, 4.69) is 47.2 Å². The molecule has 0 bridgehead atoms. The van der Waals surface area contributed by atoms with Crippen LogP contribution in [0.15, 0.2) is 121 Å². The molecule has 4 aromatic rings. The number of nitrogens with one attached hydrogen (secondary N) is 4. The van der Waals surface area contributed by atoms with Crippen molar-refractivity contribution < 1.29 is 23.9 Å². The van der Waals surface area contributed by atoms with E-state index >= 15 is 0 Å². The second-order valence-electron chi connectivity index (χ2n) is 16.1. The zero-order valence-electron chi connectivity index (χ0n) is 32.8. The maximum atomic E-state index is 12.4. The van der Waals surface area contributed by atoms with Crippen LogP contribution in [0.1, 0.15) is 101 Å². The monoisotopic (exact) mass is 746 g/mol. The fraction of sp³-hybridized carbons (Fsp3) is 0.413. The van der Waals surface area contributed by atoms with Crippen molar-refractivity contribution in [2.45, 2.75) is 103 Å². The first kappa shape index (κ1) is 41.0. The fourth-order valence-corrected chi connectivity index (χ4v) is 7.52. The van der Waals surface area contributed by atoms with Crippen LogP contribution in [-0.2, 0) is 27.5 Å². The molecule has 6 rings (SSSR count). The summed E-state index contributed by atoms with van der Waals surface area (Å²) in [5.41, 5.74) is 4.12. The normalized spacial score (nSPS) is 19.2. The number of alkyl carbamates (subject to hydrolysis) is 2. The third kappa shape index (κ3) is 13.9. The van der Waals surface area contributed by atoms with E-state index in [0.717, 1.165) is 48.1 Å². The quantitative estimate of drug-likeness (QED) is 0.102. The van der Waals surface area contributed by atoms with Gasteiger partial charge in [0.05, 0.1) is 12.1 Å². The van der Waals surface area contributed by atoms with Crippen molar-refractivity contribution in [3.05, 3.63) is 144 Å². The minimum atomic E-state index is -0.450. The maximum absolute atomic E-state index is 12.4. The summed E-state index contributed by atoms with van der Waals surface area (Å²) in [4.78, 5) is 36.9. The van der Waals surface area contributed by atoms with E-state index in [1.54, 1.807) is 0 Å². The Hall–Kier alpha value is -5.15. The van der Waals surface area contributed by atoms with Crippen molar-refractivity contribution in [2.75, 3.05) is 6.54 Å². The first-order valence-electron chi connectivity index (χ1n) is 19.6. The third-order valence-corrected chi connectivity index (χ3v) is 10.3. The van der Waals surface area contributed by atoms with Gasteiger partial charge in [-0.3, -0.25) is 4.79 Å². The summed E-state index contributed by atoms with van der Waals surface area (Å²) < 4.78 is 10.8. The predicted molar refractivity (Wildman–Crippen MR) is 217 cm³/mol. The highest BCUT2D eigenvalue weighted by Gasteiger charge is 2.37. The van der Waals surface area contributed by atoms with Crippen LogP contribution < -0.4 is 21.3 Å². The molecule has 0 aliphatic carbocycles. The molecule has 55 heavy (non-hydrogen) atoms. The lowest BCUT2D eigenvalue weighted by molar-refractivity contribution is -0.123. The minimum Gasteiger partial charge on any atom is -0.445 e. The van der Waals surface area contributed by atoms with E-state index in [0.29, 0.717) is 18.8 Å². The molecule has 9 nitrogen and oxygen atoms in total. The highest BCUT2D eigenvalue weighted by molar-refractivity contribution is 5.82. The van der Waals surface area contributed by atoms with Gasteiger partial charge in [-0.05, 0) is 101 Å². The van der Waals surface area contributed by atoms with Gasteiger partial charge >= 0.3 is 12.2 Å². The molecule has 3 amide bonds.